The van der Waals surface area contributed by atoms with Gasteiger partial charge in [-0.15, -0.1) is 5.10 Å². The lowest BCUT2D eigenvalue weighted by molar-refractivity contribution is 0.0841. The van der Waals surface area contributed by atoms with Gasteiger partial charge < -0.3 is 0 Å². The number of rotatable bonds is 11. The van der Waals surface area contributed by atoms with Gasteiger partial charge in [0.25, 0.3) is 0 Å². The van der Waals surface area contributed by atoms with Crippen LogP contribution in [0.3, 0.4) is 0 Å². The van der Waals surface area contributed by atoms with Crippen molar-refractivity contribution in [3.63, 3.8) is 0 Å². The van der Waals surface area contributed by atoms with Crippen molar-refractivity contribution in [1.82, 2.24) is 54.5 Å². The van der Waals surface area contributed by atoms with E-state index >= 15 is 0 Å². The van der Waals surface area contributed by atoms with Gasteiger partial charge in [0.2, 0.25) is 0 Å². The standard InChI is InChI=1S/C42H49N11/c1-49-34-42(47-48-49)36-16-14-35(15-17-36)28-41-33-52(31-39-12-4-8-20-45-39)25-24-50(29-37-10-2-6-18-43-37)22-23-51(30-38-11-3-7-19-44-38)26-27-53(41)32-40-13-5-9-21-46-40/h2-21,34,41H,22-33H2,1H3. The highest BCUT2D eigenvalue weighted by molar-refractivity contribution is 5.58. The Morgan fingerprint density at radius 2 is 1.00 bits per heavy atom. The smallest absolute Gasteiger partial charge is 0.113 e. The molecular formula is C42H49N11. The molecule has 1 unspecified atom stereocenters. The molecular weight excluding hydrogens is 659 g/mol. The Labute approximate surface area is 313 Å². The Balaban J connectivity index is 1.21. The van der Waals surface area contributed by atoms with E-state index in [1.54, 1.807) is 4.68 Å². The summed E-state index contributed by atoms with van der Waals surface area (Å²) in [4.78, 5) is 29.4. The quantitative estimate of drug-likeness (QED) is 0.183. The number of benzene rings is 1. The molecule has 11 heteroatoms. The molecule has 6 aromatic rings. The van der Waals surface area contributed by atoms with Crippen LogP contribution >= 0.6 is 0 Å². The fraction of sp³-hybridized carbons (Fsp3) is 0.333. The molecule has 0 radical (unpaired) electrons. The van der Waals surface area contributed by atoms with Crippen LogP contribution in [0.5, 0.6) is 0 Å². The molecule has 53 heavy (non-hydrogen) atoms. The number of hydrogen-bond acceptors (Lipinski definition) is 10. The molecule has 272 valence electrons. The molecule has 11 nitrogen and oxygen atoms in total. The monoisotopic (exact) mass is 707 g/mol. The van der Waals surface area contributed by atoms with Crippen LogP contribution in [0.1, 0.15) is 28.3 Å². The van der Waals surface area contributed by atoms with Gasteiger partial charge in [-0.2, -0.15) is 0 Å². The molecule has 6 heterocycles. The summed E-state index contributed by atoms with van der Waals surface area (Å²) in [7, 11) is 1.90. The first-order chi connectivity index (χ1) is 26.1. The molecule has 0 amide bonds. The largest absolute Gasteiger partial charge is 0.295 e. The molecule has 0 bridgehead atoms. The Hall–Kier alpha value is -5.20. The number of pyridine rings is 4. The third kappa shape index (κ3) is 10.9. The van der Waals surface area contributed by atoms with Crippen LogP contribution in [-0.4, -0.2) is 106 Å². The second kappa shape index (κ2) is 18.5. The van der Waals surface area contributed by atoms with Gasteiger partial charge in [-0.1, -0.05) is 53.7 Å². The predicted molar refractivity (Wildman–Crippen MR) is 207 cm³/mol. The third-order valence-electron chi connectivity index (χ3n) is 9.90. The van der Waals surface area contributed by atoms with E-state index < -0.39 is 0 Å². The molecule has 1 atom stereocenters. The molecule has 1 aliphatic rings. The van der Waals surface area contributed by atoms with Crippen LogP contribution in [-0.2, 0) is 39.6 Å². The Morgan fingerprint density at radius 1 is 0.528 bits per heavy atom. The van der Waals surface area contributed by atoms with E-state index in [-0.39, 0.29) is 6.04 Å². The van der Waals surface area contributed by atoms with Crippen LogP contribution in [0, 0.1) is 0 Å². The van der Waals surface area contributed by atoms with Gasteiger partial charge in [0.05, 0.1) is 29.0 Å². The van der Waals surface area contributed by atoms with Crippen molar-refractivity contribution in [2.45, 2.75) is 38.6 Å². The van der Waals surface area contributed by atoms with Gasteiger partial charge in [0, 0.05) is 115 Å². The summed E-state index contributed by atoms with van der Waals surface area (Å²) in [6.45, 7) is 9.52. The molecule has 1 fully saturated rings. The third-order valence-corrected chi connectivity index (χ3v) is 9.90. The second-order valence-electron chi connectivity index (χ2n) is 13.9. The number of aromatic nitrogens is 7. The maximum Gasteiger partial charge on any atom is 0.113 e. The molecule has 0 spiro atoms. The van der Waals surface area contributed by atoms with Crippen LogP contribution in [0.15, 0.2) is 128 Å². The molecule has 7 rings (SSSR count). The van der Waals surface area contributed by atoms with Crippen molar-refractivity contribution in [2.75, 3.05) is 45.8 Å². The zero-order chi connectivity index (χ0) is 36.1. The Kier molecular flexibility index (Phi) is 12.6. The van der Waals surface area contributed by atoms with E-state index in [2.05, 4.69) is 103 Å². The molecule has 1 saturated heterocycles. The average molecular weight is 708 g/mol. The minimum atomic E-state index is 0.212. The SMILES string of the molecule is Cn1cc(-c2ccc(CC3CN(Cc4ccccn4)CCN(Cc4ccccn4)CCN(Cc4ccccn4)CCN3Cc3ccccn3)cc2)nn1. The minimum Gasteiger partial charge on any atom is -0.295 e. The van der Waals surface area contributed by atoms with Gasteiger partial charge in [0.15, 0.2) is 0 Å². The fourth-order valence-electron chi connectivity index (χ4n) is 7.03. The fourth-order valence-corrected chi connectivity index (χ4v) is 7.03. The van der Waals surface area contributed by atoms with Gasteiger partial charge >= 0.3 is 0 Å². The van der Waals surface area contributed by atoms with Crippen LogP contribution in [0.2, 0.25) is 0 Å². The summed E-state index contributed by atoms with van der Waals surface area (Å²) in [5.41, 5.74) is 7.59. The number of aryl methyl sites for hydroxylation is 1. The molecule has 0 N–H and O–H groups in total. The highest BCUT2D eigenvalue weighted by atomic mass is 15.4. The van der Waals surface area contributed by atoms with E-state index in [9.17, 15) is 0 Å². The van der Waals surface area contributed by atoms with Gasteiger partial charge in [-0.3, -0.25) is 44.2 Å². The normalized spacial score (nSPS) is 17.3. The molecule has 0 aliphatic carbocycles. The van der Waals surface area contributed by atoms with E-state index in [4.69, 9.17) is 19.9 Å². The maximum absolute atomic E-state index is 4.80. The molecule has 5 aromatic heterocycles. The Bertz CT molecular complexity index is 1920. The van der Waals surface area contributed by atoms with Gasteiger partial charge in [-0.05, 0) is 60.5 Å². The first kappa shape index (κ1) is 36.2. The highest BCUT2D eigenvalue weighted by Gasteiger charge is 2.26. The lowest BCUT2D eigenvalue weighted by Gasteiger charge is -2.39. The first-order valence-electron chi connectivity index (χ1n) is 18.6. The van der Waals surface area contributed by atoms with E-state index in [0.29, 0.717) is 0 Å². The van der Waals surface area contributed by atoms with Crippen molar-refractivity contribution < 1.29 is 0 Å². The summed E-state index contributed by atoms with van der Waals surface area (Å²) in [5, 5.41) is 8.48. The molecule has 0 saturated carbocycles. The number of hydrogen-bond donors (Lipinski definition) is 0. The lowest BCUT2D eigenvalue weighted by Crippen LogP contribution is -2.50. The van der Waals surface area contributed by atoms with Crippen LogP contribution < -0.4 is 0 Å². The maximum atomic E-state index is 4.80. The first-order valence-corrected chi connectivity index (χ1v) is 18.6. The molecule has 1 aromatic carbocycles. The van der Waals surface area contributed by atoms with Crippen molar-refractivity contribution in [3.8, 4) is 11.3 Å². The van der Waals surface area contributed by atoms with E-state index in [1.165, 1.54) is 5.56 Å². The average Bonchev–Trinajstić information content (AvgIpc) is 3.64. The summed E-state index contributed by atoms with van der Waals surface area (Å²) >= 11 is 0. The molecule has 1 aliphatic heterocycles. The van der Waals surface area contributed by atoms with E-state index in [0.717, 1.165) is 112 Å². The summed E-state index contributed by atoms with van der Waals surface area (Å²) in [5.74, 6) is 0. The predicted octanol–water partition coefficient (Wildman–Crippen LogP) is 5.00. The second-order valence-corrected chi connectivity index (χ2v) is 13.9. The van der Waals surface area contributed by atoms with Crippen molar-refractivity contribution in [2.24, 2.45) is 7.05 Å². The zero-order valence-electron chi connectivity index (χ0n) is 30.6. The zero-order valence-corrected chi connectivity index (χ0v) is 30.6. The van der Waals surface area contributed by atoms with Crippen molar-refractivity contribution >= 4 is 0 Å². The van der Waals surface area contributed by atoms with Crippen LogP contribution in [0.4, 0.5) is 0 Å². The number of nitrogens with zero attached hydrogens (tertiary/aromatic N) is 11. The summed E-state index contributed by atoms with van der Waals surface area (Å²) in [6, 6.07) is 33.9. The summed E-state index contributed by atoms with van der Waals surface area (Å²) in [6.07, 6.45) is 10.5. The van der Waals surface area contributed by atoms with Crippen molar-refractivity contribution in [1.29, 1.82) is 0 Å². The topological polar surface area (TPSA) is 95.2 Å². The Morgan fingerprint density at radius 3 is 1.47 bits per heavy atom. The minimum absolute atomic E-state index is 0.212. The highest BCUT2D eigenvalue weighted by Crippen LogP contribution is 2.21. The van der Waals surface area contributed by atoms with Gasteiger partial charge in [0.1, 0.15) is 5.69 Å². The van der Waals surface area contributed by atoms with E-state index in [1.807, 2.05) is 62.3 Å². The van der Waals surface area contributed by atoms with Crippen LogP contribution in [0.25, 0.3) is 11.3 Å². The lowest BCUT2D eigenvalue weighted by atomic mass is 10.0. The van der Waals surface area contributed by atoms with Crippen molar-refractivity contribution in [3.05, 3.63) is 156 Å². The van der Waals surface area contributed by atoms with Gasteiger partial charge in [-0.25, -0.2) is 0 Å². The summed E-state index contributed by atoms with van der Waals surface area (Å²) < 4.78 is 1.74.